The predicted molar refractivity (Wildman–Crippen MR) is 112 cm³/mol. The number of nitrogens with zero attached hydrogens (tertiary/aromatic N) is 3. The molecule has 1 aliphatic rings. The van der Waals surface area contributed by atoms with E-state index in [1.165, 1.54) is 12.8 Å². The number of hydrogen-bond donors (Lipinski definition) is 2. The molecule has 2 N–H and O–H groups in total. The van der Waals surface area contributed by atoms with E-state index in [0.29, 0.717) is 17.3 Å². The number of rotatable bonds is 7. The standard InChI is InChI=1S/C23H26N4O2/c1-15-4-8-20(19(26-15)12-16-5-6-16)29-18-10-11-24-22(13-18)27-17-7-9-21(25-14-17)23(2,3)28/h4,7-11,13-14,16,28H,5-6,12H2,1-3H3,(H,24,27). The van der Waals surface area contributed by atoms with Crippen LogP contribution in [-0.2, 0) is 12.0 Å². The molecule has 3 heterocycles. The quantitative estimate of drug-likeness (QED) is 0.597. The molecule has 0 saturated heterocycles. The van der Waals surface area contributed by atoms with Crippen LogP contribution in [0.4, 0.5) is 11.5 Å². The lowest BCUT2D eigenvalue weighted by Crippen LogP contribution is -2.17. The van der Waals surface area contributed by atoms with Crippen LogP contribution in [0, 0.1) is 12.8 Å². The maximum absolute atomic E-state index is 10.0. The summed E-state index contributed by atoms with van der Waals surface area (Å²) in [6.45, 7) is 5.43. The number of ether oxygens (including phenoxy) is 1. The molecule has 0 spiro atoms. The number of aromatic nitrogens is 3. The first-order chi connectivity index (χ1) is 13.9. The van der Waals surface area contributed by atoms with Crippen molar-refractivity contribution >= 4 is 11.5 Å². The Bertz CT molecular complexity index is 993. The van der Waals surface area contributed by atoms with Crippen molar-refractivity contribution in [3.05, 3.63) is 65.9 Å². The highest BCUT2D eigenvalue weighted by atomic mass is 16.5. The number of anilines is 2. The van der Waals surface area contributed by atoms with E-state index in [2.05, 4.69) is 20.3 Å². The molecule has 3 aromatic heterocycles. The van der Waals surface area contributed by atoms with Gasteiger partial charge in [-0.2, -0.15) is 0 Å². The molecule has 0 radical (unpaired) electrons. The average molecular weight is 390 g/mol. The summed E-state index contributed by atoms with van der Waals surface area (Å²) in [6.07, 6.45) is 6.91. The molecule has 6 heteroatoms. The molecule has 0 bridgehead atoms. The van der Waals surface area contributed by atoms with Gasteiger partial charge in [0.1, 0.15) is 22.9 Å². The second-order valence-corrected chi connectivity index (χ2v) is 8.14. The van der Waals surface area contributed by atoms with Crippen molar-refractivity contribution in [3.63, 3.8) is 0 Å². The van der Waals surface area contributed by atoms with Crippen LogP contribution < -0.4 is 10.1 Å². The maximum Gasteiger partial charge on any atom is 0.148 e. The second kappa shape index (κ2) is 7.79. The molecule has 0 aromatic carbocycles. The lowest BCUT2D eigenvalue weighted by molar-refractivity contribution is 0.0739. The average Bonchev–Trinajstić information content (AvgIpc) is 3.48. The van der Waals surface area contributed by atoms with Crippen LogP contribution in [0.1, 0.15) is 43.8 Å². The Morgan fingerprint density at radius 3 is 2.66 bits per heavy atom. The van der Waals surface area contributed by atoms with E-state index < -0.39 is 5.60 Å². The highest BCUT2D eigenvalue weighted by molar-refractivity contribution is 5.56. The van der Waals surface area contributed by atoms with Gasteiger partial charge in [0.2, 0.25) is 0 Å². The van der Waals surface area contributed by atoms with E-state index in [0.717, 1.165) is 35.2 Å². The molecule has 1 aliphatic carbocycles. The van der Waals surface area contributed by atoms with E-state index >= 15 is 0 Å². The Morgan fingerprint density at radius 1 is 1.14 bits per heavy atom. The monoisotopic (exact) mass is 390 g/mol. The largest absolute Gasteiger partial charge is 0.455 e. The molecule has 6 nitrogen and oxygen atoms in total. The van der Waals surface area contributed by atoms with E-state index in [4.69, 9.17) is 4.74 Å². The maximum atomic E-state index is 10.0. The number of hydrogen-bond acceptors (Lipinski definition) is 6. The van der Waals surface area contributed by atoms with Crippen LogP contribution in [0.3, 0.4) is 0 Å². The van der Waals surface area contributed by atoms with E-state index in [9.17, 15) is 5.11 Å². The fourth-order valence-electron chi connectivity index (χ4n) is 3.08. The minimum Gasteiger partial charge on any atom is -0.455 e. The van der Waals surface area contributed by atoms with Crippen molar-refractivity contribution in [2.45, 2.75) is 45.6 Å². The third kappa shape index (κ3) is 5.09. The summed E-state index contributed by atoms with van der Waals surface area (Å²) in [5.74, 6) is 2.90. The summed E-state index contributed by atoms with van der Waals surface area (Å²) in [7, 11) is 0. The summed E-state index contributed by atoms with van der Waals surface area (Å²) in [4.78, 5) is 13.4. The van der Waals surface area contributed by atoms with Crippen LogP contribution in [0.5, 0.6) is 11.5 Å². The summed E-state index contributed by atoms with van der Waals surface area (Å²) < 4.78 is 6.14. The summed E-state index contributed by atoms with van der Waals surface area (Å²) in [5.41, 5.74) is 2.46. The first-order valence-electron chi connectivity index (χ1n) is 9.93. The molecule has 150 valence electrons. The Labute approximate surface area is 171 Å². The van der Waals surface area contributed by atoms with Gasteiger partial charge in [0, 0.05) is 18.0 Å². The Hall–Kier alpha value is -2.99. The van der Waals surface area contributed by atoms with Gasteiger partial charge in [-0.25, -0.2) is 4.98 Å². The summed E-state index contributed by atoms with van der Waals surface area (Å²) in [5, 5.41) is 13.3. The van der Waals surface area contributed by atoms with Crippen molar-refractivity contribution in [1.29, 1.82) is 0 Å². The van der Waals surface area contributed by atoms with Crippen molar-refractivity contribution in [1.82, 2.24) is 15.0 Å². The van der Waals surface area contributed by atoms with Gasteiger partial charge in [-0.15, -0.1) is 0 Å². The Morgan fingerprint density at radius 2 is 1.97 bits per heavy atom. The summed E-state index contributed by atoms with van der Waals surface area (Å²) in [6, 6.07) is 11.3. The molecular formula is C23H26N4O2. The Balaban J connectivity index is 1.49. The van der Waals surface area contributed by atoms with Gasteiger partial charge >= 0.3 is 0 Å². The SMILES string of the molecule is Cc1ccc(Oc2ccnc(Nc3ccc(C(C)(C)O)nc3)c2)c(CC2CC2)n1. The highest BCUT2D eigenvalue weighted by Gasteiger charge is 2.24. The minimum atomic E-state index is -0.967. The van der Waals surface area contributed by atoms with Crippen molar-refractivity contribution in [2.75, 3.05) is 5.32 Å². The van der Waals surface area contributed by atoms with Gasteiger partial charge in [0.15, 0.2) is 0 Å². The fourth-order valence-corrected chi connectivity index (χ4v) is 3.08. The van der Waals surface area contributed by atoms with Crippen molar-refractivity contribution in [3.8, 4) is 11.5 Å². The molecule has 1 fully saturated rings. The van der Waals surface area contributed by atoms with Gasteiger partial charge in [-0.3, -0.25) is 9.97 Å². The minimum absolute atomic E-state index is 0.614. The second-order valence-electron chi connectivity index (χ2n) is 8.14. The van der Waals surface area contributed by atoms with E-state index in [-0.39, 0.29) is 0 Å². The van der Waals surface area contributed by atoms with Gasteiger partial charge < -0.3 is 15.2 Å². The van der Waals surface area contributed by atoms with Crippen LogP contribution >= 0.6 is 0 Å². The van der Waals surface area contributed by atoms with Gasteiger partial charge in [0.05, 0.1) is 23.3 Å². The lowest BCUT2D eigenvalue weighted by atomic mass is 10.1. The molecule has 0 unspecified atom stereocenters. The van der Waals surface area contributed by atoms with Crippen LogP contribution in [0.2, 0.25) is 0 Å². The highest BCUT2D eigenvalue weighted by Crippen LogP contribution is 2.36. The van der Waals surface area contributed by atoms with Crippen molar-refractivity contribution < 1.29 is 9.84 Å². The molecule has 3 aromatic rings. The number of aryl methyl sites for hydroxylation is 1. The third-order valence-electron chi connectivity index (χ3n) is 4.87. The topological polar surface area (TPSA) is 80.2 Å². The van der Waals surface area contributed by atoms with Crippen LogP contribution in [-0.4, -0.2) is 20.1 Å². The first kappa shape index (κ1) is 19.3. The smallest absolute Gasteiger partial charge is 0.148 e. The number of pyridine rings is 3. The fraction of sp³-hybridized carbons (Fsp3) is 0.348. The first-order valence-corrected chi connectivity index (χ1v) is 9.93. The van der Waals surface area contributed by atoms with Crippen LogP contribution in [0.15, 0.2) is 48.8 Å². The molecule has 1 saturated carbocycles. The predicted octanol–water partition coefficient (Wildman–Crippen LogP) is 4.90. The van der Waals surface area contributed by atoms with Gasteiger partial charge in [0.25, 0.3) is 0 Å². The zero-order valence-corrected chi connectivity index (χ0v) is 17.0. The molecule has 0 amide bonds. The molecule has 0 atom stereocenters. The Kier molecular flexibility index (Phi) is 5.20. The van der Waals surface area contributed by atoms with E-state index in [1.54, 1.807) is 32.3 Å². The zero-order chi connectivity index (χ0) is 20.4. The zero-order valence-electron chi connectivity index (χ0n) is 17.0. The molecule has 4 rings (SSSR count). The third-order valence-corrected chi connectivity index (χ3v) is 4.87. The molecule has 29 heavy (non-hydrogen) atoms. The number of aliphatic hydroxyl groups is 1. The lowest BCUT2D eigenvalue weighted by Gasteiger charge is -2.16. The van der Waals surface area contributed by atoms with Gasteiger partial charge in [-0.1, -0.05) is 0 Å². The molecular weight excluding hydrogens is 364 g/mol. The summed E-state index contributed by atoms with van der Waals surface area (Å²) >= 11 is 0. The normalized spacial score (nSPS) is 13.9. The van der Waals surface area contributed by atoms with Gasteiger partial charge in [-0.05, 0) is 76.3 Å². The van der Waals surface area contributed by atoms with Crippen molar-refractivity contribution in [2.24, 2.45) is 5.92 Å². The van der Waals surface area contributed by atoms with Crippen LogP contribution in [0.25, 0.3) is 0 Å². The van der Waals surface area contributed by atoms with E-state index in [1.807, 2.05) is 37.3 Å². The number of nitrogens with one attached hydrogen (secondary N) is 1. The molecule has 0 aliphatic heterocycles.